The zero-order chi connectivity index (χ0) is 13.4. The molecule has 0 bridgehead atoms. The van der Waals surface area contributed by atoms with E-state index in [1.165, 1.54) is 0 Å². The van der Waals surface area contributed by atoms with Crippen LogP contribution in [-0.4, -0.2) is 28.8 Å². The van der Waals surface area contributed by atoms with Gasteiger partial charge in [-0.1, -0.05) is 13.8 Å². The Labute approximate surface area is 102 Å². The van der Waals surface area contributed by atoms with Crippen molar-refractivity contribution in [2.75, 3.05) is 0 Å². The zero-order valence-corrected chi connectivity index (χ0v) is 11.0. The molecule has 0 aromatic carbocycles. The summed E-state index contributed by atoms with van der Waals surface area (Å²) in [6.07, 6.45) is -0.0268. The van der Waals surface area contributed by atoms with Crippen molar-refractivity contribution >= 4 is 12.1 Å². The third-order valence-corrected chi connectivity index (χ3v) is 3.26. The summed E-state index contributed by atoms with van der Waals surface area (Å²) in [6.45, 7) is 9.06. The molecule has 98 valence electrons. The lowest BCUT2D eigenvalue weighted by Gasteiger charge is -2.49. The largest absolute Gasteiger partial charge is 0.481 e. The van der Waals surface area contributed by atoms with E-state index in [4.69, 9.17) is 9.84 Å². The van der Waals surface area contributed by atoms with E-state index in [2.05, 4.69) is 5.32 Å². The molecular formula is C12H21NO4. The summed E-state index contributed by atoms with van der Waals surface area (Å²) < 4.78 is 5.14. The molecule has 5 nitrogen and oxygen atoms in total. The molecule has 0 saturated heterocycles. The minimum atomic E-state index is -0.808. The lowest BCUT2D eigenvalue weighted by atomic mass is 9.58. The van der Waals surface area contributed by atoms with Gasteiger partial charge in [0.15, 0.2) is 0 Å². The van der Waals surface area contributed by atoms with Gasteiger partial charge in [0.2, 0.25) is 0 Å². The maximum Gasteiger partial charge on any atom is 0.407 e. The highest BCUT2D eigenvalue weighted by Crippen LogP contribution is 2.46. The van der Waals surface area contributed by atoms with E-state index in [0.29, 0.717) is 6.42 Å². The van der Waals surface area contributed by atoms with Crippen molar-refractivity contribution in [3.8, 4) is 0 Å². The fraction of sp³-hybridized carbons (Fsp3) is 0.833. The molecule has 1 aliphatic rings. The highest BCUT2D eigenvalue weighted by Gasteiger charge is 2.52. The van der Waals surface area contributed by atoms with E-state index in [1.54, 1.807) is 20.8 Å². The molecule has 1 aliphatic carbocycles. The molecule has 1 amide bonds. The second-order valence-corrected chi connectivity index (χ2v) is 6.15. The van der Waals surface area contributed by atoms with Crippen LogP contribution in [0.25, 0.3) is 0 Å². The van der Waals surface area contributed by atoms with Gasteiger partial charge >= 0.3 is 12.1 Å². The molecule has 1 saturated carbocycles. The molecule has 5 heteroatoms. The summed E-state index contributed by atoms with van der Waals surface area (Å²) in [5, 5.41) is 11.7. The number of carboxylic acid groups (broad SMARTS) is 1. The number of carbonyl (C=O) groups is 2. The lowest BCUT2D eigenvalue weighted by molar-refractivity contribution is -0.155. The minimum Gasteiger partial charge on any atom is -0.481 e. The van der Waals surface area contributed by atoms with Crippen molar-refractivity contribution in [3.05, 3.63) is 0 Å². The number of nitrogens with one attached hydrogen (secondary N) is 1. The van der Waals surface area contributed by atoms with Crippen LogP contribution in [0.3, 0.4) is 0 Å². The standard InChI is InChI=1S/C12H21NO4/c1-11(2,3)17-10(16)13-8-6-7(9(14)15)12(8,4)5/h7-8H,6H2,1-5H3,(H,13,16)(H,14,15)/t7-,8+/m0/s1. The van der Waals surface area contributed by atoms with Crippen LogP contribution in [0.1, 0.15) is 41.0 Å². The van der Waals surface area contributed by atoms with E-state index in [1.807, 2.05) is 13.8 Å². The van der Waals surface area contributed by atoms with Crippen LogP contribution in [0.4, 0.5) is 4.79 Å². The van der Waals surface area contributed by atoms with Crippen molar-refractivity contribution in [2.24, 2.45) is 11.3 Å². The third-order valence-electron chi connectivity index (χ3n) is 3.26. The first-order valence-corrected chi connectivity index (χ1v) is 5.76. The van der Waals surface area contributed by atoms with Gasteiger partial charge in [0, 0.05) is 6.04 Å². The molecule has 1 fully saturated rings. The van der Waals surface area contributed by atoms with Crippen LogP contribution < -0.4 is 5.32 Å². The highest BCUT2D eigenvalue weighted by molar-refractivity contribution is 5.74. The minimum absolute atomic E-state index is 0.140. The van der Waals surface area contributed by atoms with Crippen molar-refractivity contribution in [2.45, 2.75) is 52.7 Å². The molecule has 2 atom stereocenters. The number of ether oxygens (including phenoxy) is 1. The van der Waals surface area contributed by atoms with Gasteiger partial charge in [-0.2, -0.15) is 0 Å². The summed E-state index contributed by atoms with van der Waals surface area (Å²) in [7, 11) is 0. The van der Waals surface area contributed by atoms with Gasteiger partial charge in [0.05, 0.1) is 5.92 Å². The van der Waals surface area contributed by atoms with Gasteiger partial charge in [0.1, 0.15) is 5.60 Å². The number of aliphatic carboxylic acids is 1. The van der Waals surface area contributed by atoms with Crippen LogP contribution >= 0.6 is 0 Å². The second kappa shape index (κ2) is 4.20. The molecule has 0 aromatic heterocycles. The Morgan fingerprint density at radius 3 is 2.24 bits per heavy atom. The average Bonchev–Trinajstić information content (AvgIpc) is 2.07. The summed E-state index contributed by atoms with van der Waals surface area (Å²) in [5.41, 5.74) is -0.965. The topological polar surface area (TPSA) is 75.6 Å². The average molecular weight is 243 g/mol. The van der Waals surface area contributed by atoms with Crippen molar-refractivity contribution in [1.82, 2.24) is 5.32 Å². The molecule has 0 spiro atoms. The fourth-order valence-electron chi connectivity index (χ4n) is 2.04. The number of carbonyl (C=O) groups excluding carboxylic acids is 1. The first-order chi connectivity index (χ1) is 7.54. The molecule has 0 unspecified atom stereocenters. The summed E-state index contributed by atoms with van der Waals surface area (Å²) in [5.74, 6) is -1.21. The third kappa shape index (κ3) is 3.11. The van der Waals surface area contributed by atoms with Crippen molar-refractivity contribution < 1.29 is 19.4 Å². The zero-order valence-electron chi connectivity index (χ0n) is 11.0. The molecule has 0 radical (unpaired) electrons. The van der Waals surface area contributed by atoms with Gasteiger partial charge in [-0.3, -0.25) is 4.79 Å². The molecule has 17 heavy (non-hydrogen) atoms. The lowest BCUT2D eigenvalue weighted by Crippen LogP contribution is -2.60. The second-order valence-electron chi connectivity index (χ2n) is 6.15. The molecular weight excluding hydrogens is 222 g/mol. The Hall–Kier alpha value is -1.26. The number of alkyl carbamates (subject to hydrolysis) is 1. The Balaban J connectivity index is 2.51. The highest BCUT2D eigenvalue weighted by atomic mass is 16.6. The molecule has 0 aliphatic heterocycles. The van der Waals surface area contributed by atoms with Gasteiger partial charge in [-0.15, -0.1) is 0 Å². The first-order valence-electron chi connectivity index (χ1n) is 5.76. The van der Waals surface area contributed by atoms with Gasteiger partial charge in [-0.05, 0) is 32.6 Å². The Bertz CT molecular complexity index is 330. The van der Waals surface area contributed by atoms with Gasteiger partial charge < -0.3 is 15.2 Å². The predicted octanol–water partition coefficient (Wildman–Crippen LogP) is 2.01. The van der Waals surface area contributed by atoms with E-state index >= 15 is 0 Å². The number of hydrogen-bond donors (Lipinski definition) is 2. The van der Waals surface area contributed by atoms with Crippen molar-refractivity contribution in [1.29, 1.82) is 0 Å². The SMILES string of the molecule is CC(C)(C)OC(=O)N[C@@H]1C[C@@H](C(=O)O)C1(C)C. The fourth-order valence-corrected chi connectivity index (χ4v) is 2.04. The summed E-state index contributed by atoms with van der Waals surface area (Å²) >= 11 is 0. The number of hydrogen-bond acceptors (Lipinski definition) is 3. The normalized spacial score (nSPS) is 26.9. The van der Waals surface area contributed by atoms with Crippen LogP contribution in [-0.2, 0) is 9.53 Å². The van der Waals surface area contributed by atoms with Crippen LogP contribution in [0, 0.1) is 11.3 Å². The van der Waals surface area contributed by atoms with Crippen LogP contribution in [0.2, 0.25) is 0 Å². The van der Waals surface area contributed by atoms with Crippen LogP contribution in [0.5, 0.6) is 0 Å². The van der Waals surface area contributed by atoms with Crippen LogP contribution in [0.15, 0.2) is 0 Å². The predicted molar refractivity (Wildman–Crippen MR) is 62.7 cm³/mol. The number of carboxylic acids is 1. The quantitative estimate of drug-likeness (QED) is 0.778. The van der Waals surface area contributed by atoms with E-state index in [-0.39, 0.29) is 6.04 Å². The molecule has 0 heterocycles. The molecule has 2 N–H and O–H groups in total. The van der Waals surface area contributed by atoms with E-state index in [0.717, 1.165) is 0 Å². The first kappa shape index (κ1) is 13.8. The smallest absolute Gasteiger partial charge is 0.407 e. The van der Waals surface area contributed by atoms with E-state index in [9.17, 15) is 9.59 Å². The maximum absolute atomic E-state index is 11.5. The number of amides is 1. The Kier molecular flexibility index (Phi) is 3.41. The summed E-state index contributed by atoms with van der Waals surface area (Å²) in [4.78, 5) is 22.5. The molecule has 1 rings (SSSR count). The van der Waals surface area contributed by atoms with E-state index < -0.39 is 29.0 Å². The Morgan fingerprint density at radius 1 is 1.35 bits per heavy atom. The monoisotopic (exact) mass is 243 g/mol. The number of rotatable bonds is 2. The van der Waals surface area contributed by atoms with Gasteiger partial charge in [-0.25, -0.2) is 4.79 Å². The Morgan fingerprint density at radius 2 is 1.88 bits per heavy atom. The van der Waals surface area contributed by atoms with Gasteiger partial charge in [0.25, 0.3) is 0 Å². The summed E-state index contributed by atoms with van der Waals surface area (Å²) in [6, 6.07) is -0.140. The van der Waals surface area contributed by atoms with Crippen molar-refractivity contribution in [3.63, 3.8) is 0 Å². The molecule has 0 aromatic rings. The maximum atomic E-state index is 11.5.